The second kappa shape index (κ2) is 5.25. The monoisotopic (exact) mass is 289 g/mol. The lowest BCUT2D eigenvalue weighted by Crippen LogP contribution is -2.13. The van der Waals surface area contributed by atoms with Crippen molar-refractivity contribution in [1.29, 1.82) is 0 Å². The third kappa shape index (κ3) is 2.54. The fraction of sp³-hybridized carbons (Fsp3) is 0.188. The second-order valence-electron chi connectivity index (χ2n) is 4.95. The van der Waals surface area contributed by atoms with Crippen molar-refractivity contribution in [3.05, 3.63) is 58.9 Å². The molecular formula is C16H13ClFNO. The molecule has 1 unspecified atom stereocenters. The van der Waals surface area contributed by atoms with Gasteiger partial charge in [0.05, 0.1) is 0 Å². The molecule has 2 nitrogen and oxygen atoms in total. The quantitative estimate of drug-likeness (QED) is 0.896. The highest BCUT2D eigenvalue weighted by atomic mass is 35.5. The summed E-state index contributed by atoms with van der Waals surface area (Å²) in [6, 6.07) is 12.3. The van der Waals surface area contributed by atoms with E-state index in [-0.39, 0.29) is 17.6 Å². The van der Waals surface area contributed by atoms with Crippen LogP contribution in [-0.4, -0.2) is 12.5 Å². The van der Waals surface area contributed by atoms with Crippen molar-refractivity contribution in [3.63, 3.8) is 0 Å². The molecule has 1 N–H and O–H groups in total. The lowest BCUT2D eigenvalue weighted by molar-refractivity contribution is -0.119. The maximum atomic E-state index is 13.8. The van der Waals surface area contributed by atoms with Gasteiger partial charge in [-0.3, -0.25) is 4.79 Å². The molecular weight excluding hydrogens is 277 g/mol. The lowest BCUT2D eigenvalue weighted by atomic mass is 9.95. The van der Waals surface area contributed by atoms with Gasteiger partial charge in [0.1, 0.15) is 5.82 Å². The third-order valence-electron chi connectivity index (χ3n) is 3.60. The Morgan fingerprint density at radius 3 is 2.50 bits per heavy atom. The molecule has 4 heteroatoms. The van der Waals surface area contributed by atoms with Gasteiger partial charge >= 0.3 is 0 Å². The van der Waals surface area contributed by atoms with Gasteiger partial charge < -0.3 is 5.32 Å². The molecule has 1 atom stereocenters. The van der Waals surface area contributed by atoms with Crippen LogP contribution in [0.1, 0.15) is 17.9 Å². The zero-order valence-electron chi connectivity index (χ0n) is 10.7. The third-order valence-corrected chi connectivity index (χ3v) is 3.84. The summed E-state index contributed by atoms with van der Waals surface area (Å²) in [6.07, 6.45) is 0.522. The first kappa shape index (κ1) is 13.1. The first-order chi connectivity index (χ1) is 9.63. The first-order valence-electron chi connectivity index (χ1n) is 6.45. The molecule has 2 aromatic rings. The van der Waals surface area contributed by atoms with Crippen molar-refractivity contribution in [2.75, 3.05) is 6.54 Å². The molecule has 3 rings (SSSR count). The highest BCUT2D eigenvalue weighted by molar-refractivity contribution is 6.30. The summed E-state index contributed by atoms with van der Waals surface area (Å²) < 4.78 is 13.8. The Balaban J connectivity index is 1.87. The van der Waals surface area contributed by atoms with Gasteiger partial charge in [0.15, 0.2) is 0 Å². The predicted octanol–water partition coefficient (Wildman–Crippen LogP) is 3.75. The number of amides is 1. The van der Waals surface area contributed by atoms with Crippen molar-refractivity contribution >= 4 is 17.5 Å². The Hall–Kier alpha value is -1.87. The van der Waals surface area contributed by atoms with Gasteiger partial charge in [0.2, 0.25) is 5.91 Å². The Labute approximate surface area is 121 Å². The molecule has 1 heterocycles. The molecule has 1 amide bonds. The predicted molar refractivity (Wildman–Crippen MR) is 77.2 cm³/mol. The summed E-state index contributed by atoms with van der Waals surface area (Å²) in [5.41, 5.74) is 2.43. The van der Waals surface area contributed by atoms with Crippen molar-refractivity contribution < 1.29 is 9.18 Å². The fourth-order valence-corrected chi connectivity index (χ4v) is 2.66. The summed E-state index contributed by atoms with van der Waals surface area (Å²) in [5, 5.41) is 3.20. The first-order valence-corrected chi connectivity index (χ1v) is 6.83. The normalized spacial score (nSPS) is 18.1. The van der Waals surface area contributed by atoms with Gasteiger partial charge in [-0.2, -0.15) is 0 Å². The van der Waals surface area contributed by atoms with E-state index in [4.69, 9.17) is 11.6 Å². The van der Waals surface area contributed by atoms with Gasteiger partial charge in [-0.1, -0.05) is 35.9 Å². The van der Waals surface area contributed by atoms with Gasteiger partial charge in [0.25, 0.3) is 0 Å². The topological polar surface area (TPSA) is 29.1 Å². The maximum Gasteiger partial charge on any atom is 0.220 e. The average molecular weight is 290 g/mol. The number of halogens is 2. The van der Waals surface area contributed by atoms with Gasteiger partial charge in [-0.25, -0.2) is 4.39 Å². The molecule has 0 aliphatic carbocycles. The average Bonchev–Trinajstić information content (AvgIpc) is 2.86. The minimum Gasteiger partial charge on any atom is -0.355 e. The van der Waals surface area contributed by atoms with Crippen molar-refractivity contribution in [1.82, 2.24) is 5.32 Å². The van der Waals surface area contributed by atoms with Crippen LogP contribution in [0.2, 0.25) is 5.02 Å². The molecule has 0 spiro atoms. The van der Waals surface area contributed by atoms with E-state index in [9.17, 15) is 9.18 Å². The summed E-state index contributed by atoms with van der Waals surface area (Å²) in [4.78, 5) is 11.2. The van der Waals surface area contributed by atoms with Crippen LogP contribution in [0, 0.1) is 5.82 Å². The van der Waals surface area contributed by atoms with Gasteiger partial charge in [-0.05, 0) is 29.3 Å². The summed E-state index contributed by atoms with van der Waals surface area (Å²) in [5.74, 6) is -0.0302. The van der Waals surface area contributed by atoms with Crippen molar-refractivity contribution in [2.45, 2.75) is 12.3 Å². The molecule has 1 saturated heterocycles. The number of carbonyl (C=O) groups excluding carboxylic acids is 1. The molecule has 0 saturated carbocycles. The number of carbonyl (C=O) groups is 1. The smallest absolute Gasteiger partial charge is 0.220 e. The zero-order chi connectivity index (χ0) is 14.1. The Bertz CT molecular complexity index is 654. The van der Waals surface area contributed by atoms with Crippen LogP contribution in [0.25, 0.3) is 11.1 Å². The van der Waals surface area contributed by atoms with E-state index < -0.39 is 0 Å². The SMILES string of the molecule is O=C1CC(c2ccc(-c3ccc(Cl)cc3F)cc2)CN1. The summed E-state index contributed by atoms with van der Waals surface area (Å²) in [6.45, 7) is 0.674. The number of rotatable bonds is 2. The van der Waals surface area contributed by atoms with Crippen LogP contribution in [-0.2, 0) is 4.79 Å². The van der Waals surface area contributed by atoms with Gasteiger partial charge in [0, 0.05) is 29.5 Å². The fourth-order valence-electron chi connectivity index (χ4n) is 2.50. The zero-order valence-corrected chi connectivity index (χ0v) is 11.5. The lowest BCUT2D eigenvalue weighted by Gasteiger charge is -2.09. The van der Waals surface area contributed by atoms with E-state index in [0.717, 1.165) is 11.1 Å². The standard InChI is InChI=1S/C16H13ClFNO/c17-13-5-6-14(15(18)8-13)11-3-1-10(2-4-11)12-7-16(20)19-9-12/h1-6,8,12H,7,9H2,(H,19,20). The van der Waals surface area contributed by atoms with Crippen molar-refractivity contribution in [3.8, 4) is 11.1 Å². The highest BCUT2D eigenvalue weighted by Gasteiger charge is 2.22. The molecule has 0 radical (unpaired) electrons. The van der Waals surface area contributed by atoms with Crippen molar-refractivity contribution in [2.24, 2.45) is 0 Å². The molecule has 2 aromatic carbocycles. The van der Waals surface area contributed by atoms with E-state index >= 15 is 0 Å². The highest BCUT2D eigenvalue weighted by Crippen LogP contribution is 2.28. The minimum atomic E-state index is -0.331. The van der Waals surface area contributed by atoms with Crippen LogP contribution in [0.4, 0.5) is 4.39 Å². The molecule has 20 heavy (non-hydrogen) atoms. The van der Waals surface area contributed by atoms with Crippen LogP contribution >= 0.6 is 11.6 Å². The molecule has 102 valence electrons. The Morgan fingerprint density at radius 1 is 1.15 bits per heavy atom. The van der Waals surface area contributed by atoms with E-state index in [1.54, 1.807) is 12.1 Å². The molecule has 0 bridgehead atoms. The van der Waals surface area contributed by atoms with Crippen LogP contribution in [0.15, 0.2) is 42.5 Å². The number of benzene rings is 2. The molecule has 0 aromatic heterocycles. The van der Waals surface area contributed by atoms with Crippen LogP contribution < -0.4 is 5.32 Å². The number of nitrogens with one attached hydrogen (secondary N) is 1. The van der Waals surface area contributed by atoms with Gasteiger partial charge in [-0.15, -0.1) is 0 Å². The van der Waals surface area contributed by atoms with E-state index in [1.165, 1.54) is 6.07 Å². The summed E-state index contributed by atoms with van der Waals surface area (Å²) in [7, 11) is 0. The number of hydrogen-bond acceptors (Lipinski definition) is 1. The minimum absolute atomic E-state index is 0.0859. The van der Waals surface area contributed by atoms with Crippen LogP contribution in [0.5, 0.6) is 0 Å². The maximum absolute atomic E-state index is 13.8. The summed E-state index contributed by atoms with van der Waals surface area (Å²) >= 11 is 5.75. The molecule has 1 fully saturated rings. The Morgan fingerprint density at radius 2 is 1.90 bits per heavy atom. The van der Waals surface area contributed by atoms with E-state index in [0.29, 0.717) is 23.6 Å². The Kier molecular flexibility index (Phi) is 3.45. The van der Waals surface area contributed by atoms with E-state index in [1.807, 2.05) is 24.3 Å². The van der Waals surface area contributed by atoms with E-state index in [2.05, 4.69) is 5.32 Å². The molecule has 1 aliphatic rings. The van der Waals surface area contributed by atoms with Crippen LogP contribution in [0.3, 0.4) is 0 Å². The molecule has 1 aliphatic heterocycles. The number of hydrogen-bond donors (Lipinski definition) is 1. The second-order valence-corrected chi connectivity index (χ2v) is 5.39. The largest absolute Gasteiger partial charge is 0.355 e.